The molecular weight excluding hydrogens is 288 g/mol. The number of anilines is 1. The first-order chi connectivity index (χ1) is 10.1. The van der Waals surface area contributed by atoms with Gasteiger partial charge in [0.15, 0.2) is 0 Å². The highest BCUT2D eigenvalue weighted by atomic mass is 32.1. The molecule has 0 aliphatic heterocycles. The van der Waals surface area contributed by atoms with Crippen molar-refractivity contribution in [2.75, 3.05) is 12.3 Å². The number of aryl methyl sites for hydroxylation is 1. The smallest absolute Gasteiger partial charge is 0.265 e. The molecule has 6 nitrogen and oxygen atoms in total. The van der Waals surface area contributed by atoms with Gasteiger partial charge in [0.25, 0.3) is 5.91 Å². The van der Waals surface area contributed by atoms with Crippen LogP contribution in [-0.2, 0) is 6.42 Å². The summed E-state index contributed by atoms with van der Waals surface area (Å²) in [5.41, 5.74) is 7.65. The Morgan fingerprint density at radius 1 is 1.43 bits per heavy atom. The lowest BCUT2D eigenvalue weighted by Gasteiger charge is -2.12. The number of aromatic nitrogens is 2. The van der Waals surface area contributed by atoms with Crippen molar-refractivity contribution in [2.24, 2.45) is 0 Å². The lowest BCUT2D eigenvalue weighted by atomic mass is 10.1. The number of nitrogen functional groups attached to an aromatic ring is 1. The van der Waals surface area contributed by atoms with Gasteiger partial charge in [-0.15, -0.1) is 5.10 Å². The maximum absolute atomic E-state index is 12.1. The summed E-state index contributed by atoms with van der Waals surface area (Å²) in [6.07, 6.45) is 0.851. The maximum Gasteiger partial charge on any atom is 0.265 e. The molecule has 21 heavy (non-hydrogen) atoms. The molecule has 0 saturated carbocycles. The Kier molecular flexibility index (Phi) is 5.24. The number of aliphatic hydroxyl groups is 1. The first-order valence-corrected chi connectivity index (χ1v) is 7.52. The van der Waals surface area contributed by atoms with Crippen LogP contribution in [0.2, 0.25) is 0 Å². The molecule has 1 aromatic carbocycles. The number of amides is 1. The summed E-state index contributed by atoms with van der Waals surface area (Å²) >= 11 is 1.08. The fraction of sp³-hybridized carbons (Fsp3) is 0.357. The zero-order chi connectivity index (χ0) is 15.2. The SMILES string of the molecule is CCCc1nnsc1C(=O)NCC(O)c1ccc(N)cc1. The van der Waals surface area contributed by atoms with Crippen molar-refractivity contribution < 1.29 is 9.90 Å². The summed E-state index contributed by atoms with van der Waals surface area (Å²) in [5.74, 6) is -0.247. The Morgan fingerprint density at radius 3 is 2.81 bits per heavy atom. The predicted octanol–water partition coefficient (Wildman–Crippen LogP) is 1.54. The van der Waals surface area contributed by atoms with E-state index < -0.39 is 6.10 Å². The van der Waals surface area contributed by atoms with E-state index >= 15 is 0 Å². The van der Waals surface area contributed by atoms with Crippen LogP contribution in [-0.4, -0.2) is 27.1 Å². The predicted molar refractivity (Wildman–Crippen MR) is 82.1 cm³/mol. The molecular formula is C14H18N4O2S. The number of nitrogens with one attached hydrogen (secondary N) is 1. The number of benzene rings is 1. The van der Waals surface area contributed by atoms with Crippen LogP contribution in [0.1, 0.15) is 40.4 Å². The van der Waals surface area contributed by atoms with Crippen LogP contribution < -0.4 is 11.1 Å². The maximum atomic E-state index is 12.1. The Labute approximate surface area is 127 Å². The average molecular weight is 306 g/mol. The molecule has 0 saturated heterocycles. The van der Waals surface area contributed by atoms with Crippen molar-refractivity contribution in [3.8, 4) is 0 Å². The Balaban J connectivity index is 1.94. The quantitative estimate of drug-likeness (QED) is 0.703. The third-order valence-electron chi connectivity index (χ3n) is 3.03. The number of rotatable bonds is 6. The third kappa shape index (κ3) is 3.99. The van der Waals surface area contributed by atoms with E-state index in [1.165, 1.54) is 0 Å². The lowest BCUT2D eigenvalue weighted by Crippen LogP contribution is -2.28. The summed E-state index contributed by atoms with van der Waals surface area (Å²) in [5, 5.41) is 16.7. The molecule has 2 rings (SSSR count). The Hall–Kier alpha value is -1.99. The molecule has 0 radical (unpaired) electrons. The van der Waals surface area contributed by atoms with Gasteiger partial charge in [-0.05, 0) is 35.6 Å². The van der Waals surface area contributed by atoms with Gasteiger partial charge >= 0.3 is 0 Å². The number of hydrogen-bond donors (Lipinski definition) is 3. The van der Waals surface area contributed by atoms with Crippen LogP contribution in [0.4, 0.5) is 5.69 Å². The molecule has 0 bridgehead atoms. The van der Waals surface area contributed by atoms with Crippen molar-refractivity contribution >= 4 is 23.1 Å². The minimum atomic E-state index is -0.773. The van der Waals surface area contributed by atoms with Crippen LogP contribution in [0.15, 0.2) is 24.3 Å². The van der Waals surface area contributed by atoms with Crippen LogP contribution in [0.25, 0.3) is 0 Å². The van der Waals surface area contributed by atoms with E-state index in [0.717, 1.165) is 24.4 Å². The zero-order valence-electron chi connectivity index (χ0n) is 11.7. The molecule has 1 aromatic heterocycles. The van der Waals surface area contributed by atoms with Gasteiger partial charge in [-0.1, -0.05) is 30.0 Å². The van der Waals surface area contributed by atoms with E-state index in [9.17, 15) is 9.90 Å². The summed E-state index contributed by atoms with van der Waals surface area (Å²) in [4.78, 5) is 12.6. The molecule has 1 heterocycles. The second-order valence-corrected chi connectivity index (χ2v) is 5.45. The van der Waals surface area contributed by atoms with Crippen molar-refractivity contribution in [1.82, 2.24) is 14.9 Å². The largest absolute Gasteiger partial charge is 0.399 e. The average Bonchev–Trinajstić information content (AvgIpc) is 2.94. The lowest BCUT2D eigenvalue weighted by molar-refractivity contribution is 0.0919. The Bertz CT molecular complexity index is 597. The highest BCUT2D eigenvalue weighted by molar-refractivity contribution is 7.08. The molecule has 0 aliphatic rings. The molecule has 2 aromatic rings. The summed E-state index contributed by atoms with van der Waals surface area (Å²) in [7, 11) is 0. The van der Waals surface area contributed by atoms with Crippen LogP contribution >= 0.6 is 11.5 Å². The van der Waals surface area contributed by atoms with Crippen LogP contribution in [0.5, 0.6) is 0 Å². The van der Waals surface area contributed by atoms with Gasteiger partial charge in [-0.3, -0.25) is 4.79 Å². The molecule has 0 spiro atoms. The number of carbonyl (C=O) groups is 1. The van der Waals surface area contributed by atoms with Gasteiger partial charge in [0, 0.05) is 12.2 Å². The van der Waals surface area contributed by atoms with E-state index in [0.29, 0.717) is 21.8 Å². The van der Waals surface area contributed by atoms with Crippen molar-refractivity contribution in [1.29, 1.82) is 0 Å². The highest BCUT2D eigenvalue weighted by Gasteiger charge is 2.17. The summed E-state index contributed by atoms with van der Waals surface area (Å²) in [6, 6.07) is 6.91. The zero-order valence-corrected chi connectivity index (χ0v) is 12.6. The van der Waals surface area contributed by atoms with Crippen molar-refractivity contribution in [3.63, 3.8) is 0 Å². The van der Waals surface area contributed by atoms with E-state index in [1.807, 2.05) is 6.92 Å². The van der Waals surface area contributed by atoms with E-state index in [1.54, 1.807) is 24.3 Å². The Morgan fingerprint density at radius 2 is 2.14 bits per heavy atom. The number of nitrogens with two attached hydrogens (primary N) is 1. The minimum absolute atomic E-state index is 0.131. The van der Waals surface area contributed by atoms with Crippen molar-refractivity contribution in [3.05, 3.63) is 40.4 Å². The van der Waals surface area contributed by atoms with Gasteiger partial charge in [0.1, 0.15) is 4.88 Å². The first-order valence-electron chi connectivity index (χ1n) is 6.74. The normalized spacial score (nSPS) is 12.1. The molecule has 0 fully saturated rings. The second kappa shape index (κ2) is 7.14. The molecule has 1 unspecified atom stereocenters. The van der Waals surface area contributed by atoms with Crippen LogP contribution in [0.3, 0.4) is 0 Å². The molecule has 1 atom stereocenters. The van der Waals surface area contributed by atoms with Gasteiger partial charge in [0.2, 0.25) is 0 Å². The monoisotopic (exact) mass is 306 g/mol. The van der Waals surface area contributed by atoms with Gasteiger partial charge < -0.3 is 16.2 Å². The molecule has 0 aliphatic carbocycles. The minimum Gasteiger partial charge on any atom is -0.399 e. The molecule has 112 valence electrons. The van der Waals surface area contributed by atoms with Crippen LogP contribution in [0, 0.1) is 0 Å². The number of carbonyl (C=O) groups excluding carboxylic acids is 1. The summed E-state index contributed by atoms with van der Waals surface area (Å²) < 4.78 is 3.81. The number of nitrogens with zero attached hydrogens (tertiary/aromatic N) is 2. The number of aliphatic hydroxyl groups excluding tert-OH is 1. The summed E-state index contributed by atoms with van der Waals surface area (Å²) in [6.45, 7) is 2.15. The van der Waals surface area contributed by atoms with E-state index in [-0.39, 0.29) is 12.5 Å². The fourth-order valence-corrected chi connectivity index (χ4v) is 2.51. The highest BCUT2D eigenvalue weighted by Crippen LogP contribution is 2.15. The molecule has 4 N–H and O–H groups in total. The van der Waals surface area contributed by atoms with E-state index in [4.69, 9.17) is 5.73 Å². The van der Waals surface area contributed by atoms with Gasteiger partial charge in [-0.25, -0.2) is 0 Å². The molecule has 7 heteroatoms. The van der Waals surface area contributed by atoms with E-state index in [2.05, 4.69) is 14.9 Å². The standard InChI is InChI=1S/C14H18N4O2S/c1-2-3-11-13(21-18-17-11)14(20)16-8-12(19)9-4-6-10(15)7-5-9/h4-7,12,19H,2-3,8,15H2,1H3,(H,16,20). The second-order valence-electron chi connectivity index (χ2n) is 4.69. The third-order valence-corrected chi connectivity index (χ3v) is 3.79. The number of hydrogen-bond acceptors (Lipinski definition) is 6. The first kappa shape index (κ1) is 15.4. The van der Waals surface area contributed by atoms with Crippen molar-refractivity contribution in [2.45, 2.75) is 25.9 Å². The topological polar surface area (TPSA) is 101 Å². The fourth-order valence-electron chi connectivity index (χ4n) is 1.89. The van der Waals surface area contributed by atoms with Gasteiger partial charge in [0.05, 0.1) is 11.8 Å². The van der Waals surface area contributed by atoms with Gasteiger partial charge in [-0.2, -0.15) is 0 Å². The molecule has 1 amide bonds.